The quantitative estimate of drug-likeness (QED) is 0.426. The fourth-order valence-electron chi connectivity index (χ4n) is 3.55. The number of carboxylic acid groups (broad SMARTS) is 1. The lowest BCUT2D eigenvalue weighted by Gasteiger charge is -2.25. The number of benzene rings is 3. The maximum Gasteiger partial charge on any atom is 0.333 e. The third-order valence-electron chi connectivity index (χ3n) is 5.39. The number of ether oxygens (including phenoxy) is 2. The molecule has 6 heteroatoms. The number of rotatable bonds is 11. The average molecular weight is 462 g/mol. The average Bonchev–Trinajstić information content (AvgIpc) is 2.84. The van der Waals surface area contributed by atoms with E-state index >= 15 is 0 Å². The minimum atomic E-state index is -1.09. The first-order valence-corrected chi connectivity index (χ1v) is 11.3. The first-order valence-electron chi connectivity index (χ1n) is 11.3. The van der Waals surface area contributed by atoms with Crippen LogP contribution in [0.1, 0.15) is 31.9 Å². The predicted molar refractivity (Wildman–Crippen MR) is 132 cm³/mol. The lowest BCUT2D eigenvalue weighted by atomic mass is 10.0. The summed E-state index contributed by atoms with van der Waals surface area (Å²) in [6.07, 6.45) is -0.630. The fourth-order valence-corrected chi connectivity index (χ4v) is 3.55. The van der Waals surface area contributed by atoms with E-state index in [1.54, 1.807) is 45.0 Å². The van der Waals surface area contributed by atoms with E-state index in [1.807, 2.05) is 36.4 Å². The first kappa shape index (κ1) is 25.0. The van der Waals surface area contributed by atoms with Crippen LogP contribution in [0.3, 0.4) is 0 Å². The topological polar surface area (TPSA) is 84.9 Å². The summed E-state index contributed by atoms with van der Waals surface area (Å²) in [5.74, 6) is -0.698. The van der Waals surface area contributed by atoms with Crippen molar-refractivity contribution in [1.29, 1.82) is 0 Å². The largest absolute Gasteiger partial charge is 0.479 e. The van der Waals surface area contributed by atoms with E-state index in [0.717, 1.165) is 22.3 Å². The minimum absolute atomic E-state index is 0.232. The van der Waals surface area contributed by atoms with Crippen LogP contribution in [-0.2, 0) is 27.3 Å². The highest BCUT2D eigenvalue weighted by Gasteiger charge is 2.29. The van der Waals surface area contributed by atoms with E-state index in [1.165, 1.54) is 0 Å². The van der Waals surface area contributed by atoms with Gasteiger partial charge in [-0.3, -0.25) is 4.79 Å². The minimum Gasteiger partial charge on any atom is -0.479 e. The molecule has 1 amide bonds. The van der Waals surface area contributed by atoms with Gasteiger partial charge in [0.2, 0.25) is 0 Å². The SMILES string of the molecule is CCOC(Cc1ccc(OC(C)(C)C(=O)NCc2cccc(-c3ccccc3)c2)cc1)C(=O)O. The molecule has 0 saturated carbocycles. The summed E-state index contributed by atoms with van der Waals surface area (Å²) in [4.78, 5) is 24.1. The number of aliphatic carboxylic acids is 1. The first-order chi connectivity index (χ1) is 16.3. The molecule has 0 spiro atoms. The molecule has 6 nitrogen and oxygen atoms in total. The molecular weight excluding hydrogens is 430 g/mol. The number of hydrogen-bond donors (Lipinski definition) is 2. The van der Waals surface area contributed by atoms with Crippen LogP contribution in [0.25, 0.3) is 11.1 Å². The molecule has 0 saturated heterocycles. The molecule has 178 valence electrons. The molecule has 0 aromatic heterocycles. The van der Waals surface area contributed by atoms with E-state index in [0.29, 0.717) is 18.9 Å². The van der Waals surface area contributed by atoms with Gasteiger partial charge < -0.3 is 19.9 Å². The van der Waals surface area contributed by atoms with Crippen molar-refractivity contribution in [2.45, 2.75) is 45.4 Å². The Balaban J connectivity index is 1.58. The molecule has 0 aliphatic heterocycles. The summed E-state index contributed by atoms with van der Waals surface area (Å²) in [5.41, 5.74) is 2.94. The molecule has 3 aromatic carbocycles. The second-order valence-electron chi connectivity index (χ2n) is 8.49. The van der Waals surface area contributed by atoms with Gasteiger partial charge in [0, 0.05) is 19.6 Å². The number of carbonyl (C=O) groups excluding carboxylic acids is 1. The maximum atomic E-state index is 12.8. The molecule has 0 fully saturated rings. The summed E-state index contributed by atoms with van der Waals surface area (Å²) in [5, 5.41) is 12.2. The van der Waals surface area contributed by atoms with Crippen LogP contribution in [0.4, 0.5) is 0 Å². The van der Waals surface area contributed by atoms with Crippen molar-refractivity contribution in [3.63, 3.8) is 0 Å². The van der Waals surface area contributed by atoms with E-state index in [4.69, 9.17) is 9.47 Å². The molecule has 0 aliphatic carbocycles. The van der Waals surface area contributed by atoms with Crippen molar-refractivity contribution < 1.29 is 24.2 Å². The number of amides is 1. The van der Waals surface area contributed by atoms with Crippen LogP contribution in [0.2, 0.25) is 0 Å². The highest BCUT2D eigenvalue weighted by atomic mass is 16.5. The Bertz CT molecular complexity index is 1090. The lowest BCUT2D eigenvalue weighted by Crippen LogP contribution is -2.46. The lowest BCUT2D eigenvalue weighted by molar-refractivity contribution is -0.150. The number of carbonyl (C=O) groups is 2. The fraction of sp³-hybridized carbons (Fsp3) is 0.286. The Morgan fingerprint density at radius 3 is 2.24 bits per heavy atom. The van der Waals surface area contributed by atoms with Crippen molar-refractivity contribution in [3.05, 3.63) is 90.0 Å². The number of nitrogens with one attached hydrogen (secondary N) is 1. The Hall–Kier alpha value is -3.64. The molecule has 0 aliphatic rings. The van der Waals surface area contributed by atoms with E-state index < -0.39 is 17.7 Å². The van der Waals surface area contributed by atoms with Crippen molar-refractivity contribution in [3.8, 4) is 16.9 Å². The molecule has 3 rings (SSSR count). The summed E-state index contributed by atoms with van der Waals surface area (Å²) in [6.45, 7) is 5.91. The highest BCUT2D eigenvalue weighted by molar-refractivity contribution is 5.84. The second kappa shape index (κ2) is 11.5. The summed E-state index contributed by atoms with van der Waals surface area (Å²) in [7, 11) is 0. The molecular formula is C28H31NO5. The molecule has 1 atom stereocenters. The van der Waals surface area contributed by atoms with Crippen LogP contribution < -0.4 is 10.1 Å². The van der Waals surface area contributed by atoms with E-state index in [2.05, 4.69) is 23.5 Å². The maximum absolute atomic E-state index is 12.8. The van der Waals surface area contributed by atoms with Crippen LogP contribution in [0.15, 0.2) is 78.9 Å². The van der Waals surface area contributed by atoms with Crippen LogP contribution in [0, 0.1) is 0 Å². The normalized spacial score (nSPS) is 12.1. The van der Waals surface area contributed by atoms with E-state index in [9.17, 15) is 14.7 Å². The van der Waals surface area contributed by atoms with Gasteiger partial charge in [-0.1, -0.05) is 60.7 Å². The Kier molecular flexibility index (Phi) is 8.44. The molecule has 3 aromatic rings. The monoisotopic (exact) mass is 461 g/mol. The molecule has 0 bridgehead atoms. The van der Waals surface area contributed by atoms with Crippen molar-refractivity contribution in [2.24, 2.45) is 0 Å². The van der Waals surface area contributed by atoms with Gasteiger partial charge in [-0.2, -0.15) is 0 Å². The van der Waals surface area contributed by atoms with Gasteiger partial charge in [0.25, 0.3) is 5.91 Å². The van der Waals surface area contributed by atoms with Gasteiger partial charge in [-0.15, -0.1) is 0 Å². The standard InChI is InChI=1S/C28H31NO5/c1-4-33-25(26(30)31)18-20-13-15-24(16-14-20)34-28(2,3)27(32)29-19-21-9-8-12-23(17-21)22-10-6-5-7-11-22/h5-17,25H,4,18-19H2,1-3H3,(H,29,32)(H,30,31). The predicted octanol–water partition coefficient (Wildman–Crippen LogP) is 4.86. The third kappa shape index (κ3) is 6.93. The van der Waals surface area contributed by atoms with Gasteiger partial charge in [-0.05, 0) is 61.2 Å². The Morgan fingerprint density at radius 1 is 0.912 bits per heavy atom. The molecule has 0 radical (unpaired) electrons. The molecule has 0 heterocycles. The van der Waals surface area contributed by atoms with Gasteiger partial charge >= 0.3 is 5.97 Å². The van der Waals surface area contributed by atoms with Gasteiger partial charge in [-0.25, -0.2) is 4.79 Å². The summed E-state index contributed by atoms with van der Waals surface area (Å²) in [6, 6.07) is 25.2. The second-order valence-corrected chi connectivity index (χ2v) is 8.49. The van der Waals surface area contributed by atoms with Crippen molar-refractivity contribution in [1.82, 2.24) is 5.32 Å². The number of carboxylic acids is 1. The molecule has 1 unspecified atom stereocenters. The summed E-state index contributed by atoms with van der Waals surface area (Å²) >= 11 is 0. The third-order valence-corrected chi connectivity index (χ3v) is 5.39. The Labute approximate surface area is 200 Å². The van der Waals surface area contributed by atoms with Crippen molar-refractivity contribution in [2.75, 3.05) is 6.61 Å². The zero-order valence-corrected chi connectivity index (χ0v) is 19.8. The molecule has 34 heavy (non-hydrogen) atoms. The van der Waals surface area contributed by atoms with Crippen LogP contribution in [-0.4, -0.2) is 35.3 Å². The van der Waals surface area contributed by atoms with E-state index in [-0.39, 0.29) is 12.3 Å². The number of hydrogen-bond acceptors (Lipinski definition) is 4. The zero-order chi connectivity index (χ0) is 24.6. The summed E-state index contributed by atoms with van der Waals surface area (Å²) < 4.78 is 11.2. The highest BCUT2D eigenvalue weighted by Crippen LogP contribution is 2.22. The Morgan fingerprint density at radius 2 is 1.59 bits per heavy atom. The smallest absolute Gasteiger partial charge is 0.333 e. The van der Waals surface area contributed by atoms with Gasteiger partial charge in [0.05, 0.1) is 0 Å². The van der Waals surface area contributed by atoms with Gasteiger partial charge in [0.15, 0.2) is 11.7 Å². The van der Waals surface area contributed by atoms with Gasteiger partial charge in [0.1, 0.15) is 5.75 Å². The zero-order valence-electron chi connectivity index (χ0n) is 19.8. The van der Waals surface area contributed by atoms with Crippen LogP contribution >= 0.6 is 0 Å². The molecule has 2 N–H and O–H groups in total. The van der Waals surface area contributed by atoms with Crippen LogP contribution in [0.5, 0.6) is 5.75 Å². The van der Waals surface area contributed by atoms with Crippen molar-refractivity contribution >= 4 is 11.9 Å².